The first-order valence-electron chi connectivity index (χ1n) is 24.4. The molecule has 0 saturated carbocycles. The minimum atomic E-state index is -0.0167. The minimum Gasteiger partial charge on any atom is -0.311 e. The van der Waals surface area contributed by atoms with Gasteiger partial charge in [-0.1, -0.05) is 239 Å². The second-order valence-corrected chi connectivity index (χ2v) is 18.1. The van der Waals surface area contributed by atoms with Crippen LogP contribution in [0.2, 0.25) is 0 Å². The van der Waals surface area contributed by atoms with Crippen molar-refractivity contribution in [1.29, 1.82) is 0 Å². The zero-order valence-corrected chi connectivity index (χ0v) is 38.5. The largest absolute Gasteiger partial charge is 0.311 e. The molecule has 1 nitrogen and oxygen atoms in total. The van der Waals surface area contributed by atoms with Gasteiger partial charge in [0, 0.05) is 22.5 Å². The van der Waals surface area contributed by atoms with Crippen LogP contribution < -0.4 is 4.90 Å². The third-order valence-electron chi connectivity index (χ3n) is 13.8. The third-order valence-corrected chi connectivity index (χ3v) is 13.8. The Balaban J connectivity index is 0.00000630. The van der Waals surface area contributed by atoms with Gasteiger partial charge >= 0.3 is 0 Å². The van der Waals surface area contributed by atoms with Gasteiger partial charge in [0.15, 0.2) is 0 Å². The predicted octanol–water partition coefficient (Wildman–Crippen LogP) is 19.8. The normalized spacial score (nSPS) is 12.2. The number of rotatable bonds is 22. The molecule has 0 aliphatic heterocycles. The number of para-hydroxylation sites is 1. The van der Waals surface area contributed by atoms with E-state index in [0.29, 0.717) is 0 Å². The van der Waals surface area contributed by atoms with Crippen LogP contribution in [0, 0.1) is 0 Å². The van der Waals surface area contributed by atoms with Gasteiger partial charge < -0.3 is 4.90 Å². The van der Waals surface area contributed by atoms with Crippen LogP contribution in [0.1, 0.15) is 133 Å². The molecule has 0 atom stereocenters. The van der Waals surface area contributed by atoms with Crippen molar-refractivity contribution >= 4 is 29.2 Å². The minimum absolute atomic E-state index is 0. The monoisotopic (exact) mass is 854 g/mol. The van der Waals surface area contributed by atoms with Crippen molar-refractivity contribution < 1.29 is 0 Å². The second kappa shape index (κ2) is 22.6. The predicted molar refractivity (Wildman–Crippen MR) is 287 cm³/mol. The van der Waals surface area contributed by atoms with Crippen LogP contribution in [0.25, 0.3) is 56.7 Å². The van der Waals surface area contributed by atoms with Gasteiger partial charge in [-0.05, 0) is 128 Å². The van der Waals surface area contributed by atoms with E-state index in [0.717, 1.165) is 28.2 Å². The Bertz CT molecular complexity index is 2560. The molecule has 0 bridgehead atoms. The molecule has 65 heavy (non-hydrogen) atoms. The van der Waals surface area contributed by atoms with E-state index in [-0.39, 0.29) is 12.8 Å². The van der Waals surface area contributed by atoms with Crippen molar-refractivity contribution in [1.82, 2.24) is 0 Å². The van der Waals surface area contributed by atoms with Gasteiger partial charge in [0.25, 0.3) is 0 Å². The maximum Gasteiger partial charge on any atom is 0.0462 e. The molecule has 7 aromatic rings. The maximum atomic E-state index is 4.00. The Morgan fingerprint density at radius 3 is 1.12 bits per heavy atom. The van der Waals surface area contributed by atoms with Gasteiger partial charge in [-0.2, -0.15) is 0 Å². The quantitative estimate of drug-likeness (QED) is 0.0614. The van der Waals surface area contributed by atoms with Crippen molar-refractivity contribution in [3.05, 3.63) is 199 Å². The Labute approximate surface area is 392 Å². The molecule has 1 aliphatic rings. The SMILES string of the molecule is C.C=Cc1ccc(-c2ccc(N(c3ccccc3)c3ccc(-c4ccc5c(c4)C(CCCCCCCC)(CCCCCCCC)c4cc(-c6ccc(C=C)cc6)ccc4-5)cc3)cc2)cc1. The lowest BCUT2D eigenvalue weighted by molar-refractivity contribution is 0.398. The van der Waals surface area contributed by atoms with Gasteiger partial charge in [0.1, 0.15) is 0 Å². The molecule has 7 aromatic carbocycles. The topological polar surface area (TPSA) is 3.24 Å². The molecule has 0 radical (unpaired) electrons. The zero-order valence-electron chi connectivity index (χ0n) is 38.5. The van der Waals surface area contributed by atoms with Crippen molar-refractivity contribution in [2.45, 2.75) is 117 Å². The average molecular weight is 854 g/mol. The van der Waals surface area contributed by atoms with Gasteiger partial charge in [-0.15, -0.1) is 0 Å². The summed E-state index contributed by atoms with van der Waals surface area (Å²) in [6.45, 7) is 12.6. The van der Waals surface area contributed by atoms with Crippen LogP contribution >= 0.6 is 0 Å². The number of benzene rings is 7. The average Bonchev–Trinajstić information content (AvgIpc) is 3.62. The standard InChI is InChI=1S/C63H67N.CH4/c1-5-9-11-13-15-20-44-63(45-21-16-14-12-10-6-2)61-46-54(52-30-26-49(8-4)27-31-52)36-42-59(61)60-43-37-55(47-62(60)63)53-34-40-58(41-35-53)64(56-22-18-17-19-23-56)57-38-32-51(33-39-57)50-28-24-48(7-3)25-29-50;/h7-8,17-19,22-43,46-47H,3-6,9-16,20-21,44-45H2,1-2H3;1H4. The fourth-order valence-electron chi connectivity index (χ4n) is 10.2. The van der Waals surface area contributed by atoms with E-state index >= 15 is 0 Å². The maximum absolute atomic E-state index is 4.00. The summed E-state index contributed by atoms with van der Waals surface area (Å²) in [4.78, 5) is 2.36. The van der Waals surface area contributed by atoms with E-state index in [1.165, 1.54) is 140 Å². The second-order valence-electron chi connectivity index (χ2n) is 18.1. The van der Waals surface area contributed by atoms with Crippen LogP contribution in [-0.2, 0) is 5.41 Å². The summed E-state index contributed by atoms with van der Waals surface area (Å²) < 4.78 is 0. The van der Waals surface area contributed by atoms with E-state index in [1.54, 1.807) is 5.56 Å². The highest BCUT2D eigenvalue weighted by atomic mass is 15.1. The lowest BCUT2D eigenvalue weighted by Crippen LogP contribution is -2.25. The van der Waals surface area contributed by atoms with Crippen molar-refractivity contribution in [2.24, 2.45) is 0 Å². The molecule has 0 unspecified atom stereocenters. The Morgan fingerprint density at radius 1 is 0.385 bits per heavy atom. The number of unbranched alkanes of at least 4 members (excludes halogenated alkanes) is 10. The van der Waals surface area contributed by atoms with E-state index in [1.807, 2.05) is 12.2 Å². The number of hydrogen-bond acceptors (Lipinski definition) is 1. The van der Waals surface area contributed by atoms with E-state index in [4.69, 9.17) is 0 Å². The summed E-state index contributed by atoms with van der Waals surface area (Å²) in [6, 6.07) is 61.2. The molecule has 1 heteroatoms. The van der Waals surface area contributed by atoms with Crippen molar-refractivity contribution in [2.75, 3.05) is 4.90 Å². The highest BCUT2D eigenvalue weighted by Gasteiger charge is 2.42. The summed E-state index contributed by atoms with van der Waals surface area (Å²) in [6.07, 6.45) is 21.9. The molecular formula is C64H71N. The van der Waals surface area contributed by atoms with Crippen molar-refractivity contribution in [3.63, 3.8) is 0 Å². The number of hydrogen-bond donors (Lipinski definition) is 0. The van der Waals surface area contributed by atoms with E-state index in [2.05, 4.69) is 196 Å². The van der Waals surface area contributed by atoms with Gasteiger partial charge in [0.2, 0.25) is 0 Å². The Kier molecular flexibility index (Phi) is 16.3. The van der Waals surface area contributed by atoms with Crippen LogP contribution in [0.5, 0.6) is 0 Å². The molecule has 0 heterocycles. The highest BCUT2D eigenvalue weighted by Crippen LogP contribution is 2.56. The lowest BCUT2D eigenvalue weighted by Gasteiger charge is -2.33. The molecular weight excluding hydrogens is 783 g/mol. The highest BCUT2D eigenvalue weighted by molar-refractivity contribution is 5.87. The molecule has 0 saturated heterocycles. The van der Waals surface area contributed by atoms with Crippen LogP contribution in [0.4, 0.5) is 17.1 Å². The molecule has 0 N–H and O–H groups in total. The fraction of sp³-hybridized carbons (Fsp3) is 0.281. The van der Waals surface area contributed by atoms with Gasteiger partial charge in [-0.25, -0.2) is 0 Å². The number of anilines is 3. The summed E-state index contributed by atoms with van der Waals surface area (Å²) in [5, 5.41) is 0. The molecule has 332 valence electrons. The fourth-order valence-corrected chi connectivity index (χ4v) is 10.2. The van der Waals surface area contributed by atoms with Crippen LogP contribution in [0.3, 0.4) is 0 Å². The molecule has 1 aliphatic carbocycles. The van der Waals surface area contributed by atoms with Crippen molar-refractivity contribution in [3.8, 4) is 44.5 Å². The first-order valence-corrected chi connectivity index (χ1v) is 24.4. The lowest BCUT2D eigenvalue weighted by atomic mass is 9.70. The van der Waals surface area contributed by atoms with Crippen LogP contribution in [0.15, 0.2) is 177 Å². The molecule has 0 fully saturated rings. The smallest absolute Gasteiger partial charge is 0.0462 e. The number of nitrogens with zero attached hydrogens (tertiary/aromatic N) is 1. The van der Waals surface area contributed by atoms with Gasteiger partial charge in [0.05, 0.1) is 0 Å². The Hall–Kier alpha value is -6.18. The molecule has 0 amide bonds. The zero-order chi connectivity index (χ0) is 44.1. The van der Waals surface area contributed by atoms with Crippen LogP contribution in [-0.4, -0.2) is 0 Å². The molecule has 8 rings (SSSR count). The summed E-state index contributed by atoms with van der Waals surface area (Å²) in [7, 11) is 0. The summed E-state index contributed by atoms with van der Waals surface area (Å²) >= 11 is 0. The molecule has 0 aromatic heterocycles. The van der Waals surface area contributed by atoms with E-state index < -0.39 is 0 Å². The molecule has 0 spiro atoms. The summed E-state index contributed by atoms with van der Waals surface area (Å²) in [5.41, 5.74) is 19.2. The third kappa shape index (κ3) is 10.7. The number of fused-ring (bicyclic) bond motifs is 3. The Morgan fingerprint density at radius 2 is 0.723 bits per heavy atom. The van der Waals surface area contributed by atoms with Gasteiger partial charge in [-0.3, -0.25) is 0 Å². The summed E-state index contributed by atoms with van der Waals surface area (Å²) in [5.74, 6) is 0. The van der Waals surface area contributed by atoms with E-state index in [9.17, 15) is 0 Å². The first kappa shape index (κ1) is 46.8. The first-order chi connectivity index (χ1) is 31.5.